The molecule has 2 N–H and O–H groups in total. The summed E-state index contributed by atoms with van der Waals surface area (Å²) in [6.45, 7) is 1.52. The van der Waals surface area contributed by atoms with Crippen LogP contribution < -0.4 is 5.73 Å². The maximum atomic E-state index is 11.8. The summed E-state index contributed by atoms with van der Waals surface area (Å²) in [5.41, 5.74) is 6.50. The molecule has 2 rings (SSSR count). The van der Waals surface area contributed by atoms with Gasteiger partial charge in [0.15, 0.2) is 0 Å². The fourth-order valence-electron chi connectivity index (χ4n) is 1.97. The van der Waals surface area contributed by atoms with Crippen LogP contribution in [0.25, 0.3) is 0 Å². The molecule has 0 radical (unpaired) electrons. The Bertz CT molecular complexity index is 373. The van der Waals surface area contributed by atoms with Crippen LogP contribution in [0.2, 0.25) is 0 Å². The molecule has 0 aliphatic carbocycles. The van der Waals surface area contributed by atoms with Crippen LogP contribution in [-0.4, -0.2) is 24.0 Å². The summed E-state index contributed by atoms with van der Waals surface area (Å²) in [6.07, 6.45) is 3.70. The van der Waals surface area contributed by atoms with E-state index in [4.69, 9.17) is 10.5 Å². The number of nitrogens with two attached hydrogens (primary N) is 1. The zero-order valence-corrected chi connectivity index (χ0v) is 9.19. The molecule has 0 bridgehead atoms. The first-order valence-corrected chi connectivity index (χ1v) is 5.54. The van der Waals surface area contributed by atoms with Gasteiger partial charge in [0.25, 0.3) is 0 Å². The molecular weight excluding hydrogens is 204 g/mol. The summed E-state index contributed by atoms with van der Waals surface area (Å²) in [6, 6.07) is 3.59. The Kier molecular flexibility index (Phi) is 3.51. The molecule has 1 unspecified atom stereocenters. The lowest BCUT2D eigenvalue weighted by Crippen LogP contribution is -2.11. The van der Waals surface area contributed by atoms with Crippen LogP contribution in [-0.2, 0) is 16.0 Å². The van der Waals surface area contributed by atoms with E-state index in [1.54, 1.807) is 12.3 Å². The number of hydrogen-bond acceptors (Lipinski definition) is 4. The van der Waals surface area contributed by atoms with Gasteiger partial charge in [-0.05, 0) is 30.0 Å². The summed E-state index contributed by atoms with van der Waals surface area (Å²) in [5.74, 6) is 1.13. The lowest BCUT2D eigenvalue weighted by molar-refractivity contribution is -0.119. The van der Waals surface area contributed by atoms with E-state index < -0.39 is 0 Å². The Labute approximate surface area is 94.8 Å². The summed E-state index contributed by atoms with van der Waals surface area (Å²) >= 11 is 0. The number of hydrogen-bond donors (Lipinski definition) is 1. The van der Waals surface area contributed by atoms with Crippen molar-refractivity contribution in [2.45, 2.75) is 19.3 Å². The van der Waals surface area contributed by atoms with Crippen molar-refractivity contribution in [2.24, 2.45) is 5.92 Å². The molecule has 0 saturated carbocycles. The van der Waals surface area contributed by atoms with Gasteiger partial charge >= 0.3 is 0 Å². The van der Waals surface area contributed by atoms with Crippen molar-refractivity contribution in [1.82, 2.24) is 4.98 Å². The molecule has 0 aromatic carbocycles. The van der Waals surface area contributed by atoms with Crippen molar-refractivity contribution in [3.05, 3.63) is 23.9 Å². The van der Waals surface area contributed by atoms with Crippen LogP contribution in [0.5, 0.6) is 0 Å². The first-order valence-electron chi connectivity index (χ1n) is 5.54. The van der Waals surface area contributed by atoms with Gasteiger partial charge in [0, 0.05) is 32.3 Å². The number of carbonyl (C=O) groups excluding carboxylic acids is 1. The Hall–Kier alpha value is -1.42. The second-order valence-corrected chi connectivity index (χ2v) is 4.24. The predicted molar refractivity (Wildman–Crippen MR) is 60.9 cm³/mol. The van der Waals surface area contributed by atoms with Gasteiger partial charge in [-0.3, -0.25) is 4.79 Å². The minimum Gasteiger partial charge on any atom is -0.384 e. The smallest absolute Gasteiger partial charge is 0.137 e. The molecule has 1 fully saturated rings. The SMILES string of the molecule is Nc1cc(CC(=O)CC2CCOC2)ccn1. The zero-order valence-electron chi connectivity index (χ0n) is 9.19. The van der Waals surface area contributed by atoms with Crippen LogP contribution >= 0.6 is 0 Å². The van der Waals surface area contributed by atoms with Gasteiger partial charge in [-0.15, -0.1) is 0 Å². The average molecular weight is 220 g/mol. The van der Waals surface area contributed by atoms with E-state index in [0.717, 1.165) is 25.2 Å². The number of carbonyl (C=O) groups is 1. The summed E-state index contributed by atoms with van der Waals surface area (Å²) in [4.78, 5) is 15.7. The van der Waals surface area contributed by atoms with Gasteiger partial charge in [0.2, 0.25) is 0 Å². The summed E-state index contributed by atoms with van der Waals surface area (Å²) in [5, 5.41) is 0. The molecule has 1 aromatic heterocycles. The molecule has 1 atom stereocenters. The largest absolute Gasteiger partial charge is 0.384 e. The van der Waals surface area contributed by atoms with Gasteiger partial charge in [0.1, 0.15) is 11.6 Å². The van der Waals surface area contributed by atoms with Gasteiger partial charge in [-0.1, -0.05) is 0 Å². The van der Waals surface area contributed by atoms with E-state index in [0.29, 0.717) is 24.6 Å². The molecule has 2 heterocycles. The molecule has 1 aromatic rings. The Morgan fingerprint density at radius 1 is 1.62 bits per heavy atom. The second-order valence-electron chi connectivity index (χ2n) is 4.24. The molecule has 1 aliphatic rings. The highest BCUT2D eigenvalue weighted by atomic mass is 16.5. The maximum absolute atomic E-state index is 11.8. The first kappa shape index (κ1) is 11.1. The van der Waals surface area contributed by atoms with Gasteiger partial charge in [-0.2, -0.15) is 0 Å². The number of ketones is 1. The van der Waals surface area contributed by atoms with E-state index >= 15 is 0 Å². The fourth-order valence-corrected chi connectivity index (χ4v) is 1.97. The molecule has 4 nitrogen and oxygen atoms in total. The number of anilines is 1. The molecule has 0 spiro atoms. The van der Waals surface area contributed by atoms with Crippen molar-refractivity contribution >= 4 is 11.6 Å². The van der Waals surface area contributed by atoms with Crippen molar-refractivity contribution in [1.29, 1.82) is 0 Å². The van der Waals surface area contributed by atoms with Crippen molar-refractivity contribution in [3.63, 3.8) is 0 Å². The highest BCUT2D eigenvalue weighted by molar-refractivity contribution is 5.81. The zero-order chi connectivity index (χ0) is 11.4. The number of ether oxygens (including phenoxy) is 1. The normalized spacial score (nSPS) is 19.9. The topological polar surface area (TPSA) is 65.2 Å². The Morgan fingerprint density at radius 2 is 2.50 bits per heavy atom. The van der Waals surface area contributed by atoms with Crippen molar-refractivity contribution in [2.75, 3.05) is 18.9 Å². The quantitative estimate of drug-likeness (QED) is 0.828. The van der Waals surface area contributed by atoms with Crippen LogP contribution in [0.3, 0.4) is 0 Å². The van der Waals surface area contributed by atoms with E-state index in [1.807, 2.05) is 6.07 Å². The molecule has 0 amide bonds. The Morgan fingerprint density at radius 3 is 3.19 bits per heavy atom. The number of nitrogen functional groups attached to an aromatic ring is 1. The molecule has 1 saturated heterocycles. The first-order chi connectivity index (χ1) is 7.74. The van der Waals surface area contributed by atoms with Crippen LogP contribution in [0.1, 0.15) is 18.4 Å². The number of aromatic nitrogens is 1. The van der Waals surface area contributed by atoms with Crippen molar-refractivity contribution in [3.8, 4) is 0 Å². The predicted octanol–water partition coefficient (Wildman–Crippen LogP) is 1.20. The van der Waals surface area contributed by atoms with Crippen LogP contribution in [0.4, 0.5) is 5.82 Å². The summed E-state index contributed by atoms with van der Waals surface area (Å²) < 4.78 is 5.25. The monoisotopic (exact) mass is 220 g/mol. The average Bonchev–Trinajstić information content (AvgIpc) is 2.70. The van der Waals surface area contributed by atoms with E-state index in [2.05, 4.69) is 4.98 Å². The molecule has 1 aliphatic heterocycles. The van der Waals surface area contributed by atoms with Gasteiger partial charge in [0.05, 0.1) is 0 Å². The van der Waals surface area contributed by atoms with Crippen molar-refractivity contribution < 1.29 is 9.53 Å². The number of nitrogens with zero attached hydrogens (tertiary/aromatic N) is 1. The maximum Gasteiger partial charge on any atom is 0.137 e. The highest BCUT2D eigenvalue weighted by Gasteiger charge is 2.19. The minimum absolute atomic E-state index is 0.251. The molecule has 4 heteroatoms. The lowest BCUT2D eigenvalue weighted by Gasteiger charge is -2.06. The highest BCUT2D eigenvalue weighted by Crippen LogP contribution is 2.17. The van der Waals surface area contributed by atoms with Gasteiger partial charge in [-0.25, -0.2) is 4.98 Å². The third kappa shape index (κ3) is 3.03. The molecule has 86 valence electrons. The van der Waals surface area contributed by atoms with E-state index in [9.17, 15) is 4.79 Å². The standard InChI is InChI=1S/C12H16N2O2/c13-12-7-9(1-3-14-12)5-11(15)6-10-2-4-16-8-10/h1,3,7,10H,2,4-6,8H2,(H2,13,14). The minimum atomic E-state index is 0.251. The molecule has 16 heavy (non-hydrogen) atoms. The third-order valence-electron chi connectivity index (χ3n) is 2.79. The number of pyridine rings is 1. The van der Waals surface area contributed by atoms with E-state index in [-0.39, 0.29) is 5.78 Å². The third-order valence-corrected chi connectivity index (χ3v) is 2.79. The summed E-state index contributed by atoms with van der Waals surface area (Å²) in [7, 11) is 0. The lowest BCUT2D eigenvalue weighted by atomic mass is 9.98. The molecular formula is C12H16N2O2. The fraction of sp³-hybridized carbons (Fsp3) is 0.500. The Balaban J connectivity index is 1.86. The second kappa shape index (κ2) is 5.07. The van der Waals surface area contributed by atoms with Crippen LogP contribution in [0.15, 0.2) is 18.3 Å². The van der Waals surface area contributed by atoms with Crippen LogP contribution in [0, 0.1) is 5.92 Å². The number of rotatable bonds is 4. The van der Waals surface area contributed by atoms with E-state index in [1.165, 1.54) is 0 Å². The number of Topliss-reactive ketones (excluding diaryl/α,β-unsaturated/α-hetero) is 1. The van der Waals surface area contributed by atoms with Gasteiger partial charge < -0.3 is 10.5 Å².